The van der Waals surface area contributed by atoms with Crippen LogP contribution < -0.4 is 23.8 Å². The van der Waals surface area contributed by atoms with E-state index in [1.54, 1.807) is 18.2 Å². The number of hydrogen-bond acceptors (Lipinski definition) is 9. The largest absolute Gasteiger partial charge is 0.496 e. The number of carbonyl (C=O) groups is 3. The van der Waals surface area contributed by atoms with Crippen LogP contribution in [0, 0.1) is 27.9 Å². The number of benzene rings is 4. The standard InChI is InChI=1S/C33H22N2O9/c1-41-18-8-10-23(24(13-18)35(39)40)34-31(36)27-21(17-7-11-25-26(12-17)43-15-42-25)14-22-20-9-6-16-4-2-3-5-19(16)30(20)44-33(38)28(22)29(27)32(34)37/h2-14,21,27-29H,15H2,1H3/t21-,27+,28+,29-/m0/s1. The maximum atomic E-state index is 14.3. The van der Waals surface area contributed by atoms with Crippen LogP contribution in [-0.2, 0) is 14.4 Å². The van der Waals surface area contributed by atoms with Crippen molar-refractivity contribution >= 4 is 45.5 Å². The topological polar surface area (TPSA) is 135 Å². The van der Waals surface area contributed by atoms with Gasteiger partial charge in [-0.25, -0.2) is 4.90 Å². The van der Waals surface area contributed by atoms with Crippen LogP contribution in [0.1, 0.15) is 17.0 Å². The number of imide groups is 1. The minimum atomic E-state index is -1.17. The number of nitrogens with zero attached hydrogens (tertiary/aromatic N) is 2. The first kappa shape index (κ1) is 26.0. The Balaban J connectivity index is 1.34. The van der Waals surface area contributed by atoms with Crippen molar-refractivity contribution in [2.45, 2.75) is 5.92 Å². The van der Waals surface area contributed by atoms with Crippen LogP contribution in [0.25, 0.3) is 16.3 Å². The van der Waals surface area contributed by atoms with E-state index >= 15 is 0 Å². The van der Waals surface area contributed by atoms with Gasteiger partial charge in [0, 0.05) is 16.9 Å². The van der Waals surface area contributed by atoms with Crippen molar-refractivity contribution in [3.63, 3.8) is 0 Å². The number of fused-ring (bicyclic) bond motifs is 8. The van der Waals surface area contributed by atoms with E-state index in [0.717, 1.165) is 21.7 Å². The zero-order chi connectivity index (χ0) is 30.3. The lowest BCUT2D eigenvalue weighted by molar-refractivity contribution is -0.384. The lowest BCUT2D eigenvalue weighted by Crippen LogP contribution is -2.42. The molecule has 4 aromatic rings. The summed E-state index contributed by atoms with van der Waals surface area (Å²) in [6.45, 7) is 0.0529. The highest BCUT2D eigenvalue weighted by Crippen LogP contribution is 2.56. The van der Waals surface area contributed by atoms with E-state index in [-0.39, 0.29) is 18.2 Å². The molecule has 0 saturated carbocycles. The SMILES string of the molecule is COc1ccc(N2C(=O)[C@@H]3[C@@H]4C(=O)Oc5c(ccc6ccccc56)C4=C[C@@H](c4ccc5c(c4)OCO5)[C@H]3C2=O)c([N+](=O)[O-])c1. The number of rotatable bonds is 4. The number of allylic oxidation sites excluding steroid dienone is 1. The minimum Gasteiger partial charge on any atom is -0.496 e. The number of nitro groups is 1. The van der Waals surface area contributed by atoms with Crippen LogP contribution in [0.5, 0.6) is 23.0 Å². The van der Waals surface area contributed by atoms with E-state index < -0.39 is 52.1 Å². The highest BCUT2D eigenvalue weighted by Gasteiger charge is 2.61. The molecule has 2 amide bonds. The highest BCUT2D eigenvalue weighted by atomic mass is 16.7. The molecular weight excluding hydrogens is 568 g/mol. The molecule has 3 aliphatic heterocycles. The number of nitro benzene ring substituents is 1. The number of methoxy groups -OCH3 is 1. The number of anilines is 1. The molecule has 1 saturated heterocycles. The summed E-state index contributed by atoms with van der Waals surface area (Å²) in [6, 6.07) is 20.5. The Bertz CT molecular complexity index is 2000. The van der Waals surface area contributed by atoms with E-state index in [4.69, 9.17) is 18.9 Å². The summed E-state index contributed by atoms with van der Waals surface area (Å²) in [6.07, 6.45) is 1.86. The summed E-state index contributed by atoms with van der Waals surface area (Å²) in [7, 11) is 1.36. The van der Waals surface area contributed by atoms with Gasteiger partial charge >= 0.3 is 5.97 Å². The van der Waals surface area contributed by atoms with Crippen molar-refractivity contribution in [1.82, 2.24) is 0 Å². The molecule has 0 bridgehead atoms. The lowest BCUT2D eigenvalue weighted by atomic mass is 9.64. The Morgan fingerprint density at radius 2 is 1.70 bits per heavy atom. The Hall–Kier alpha value is -5.71. The van der Waals surface area contributed by atoms with Gasteiger partial charge in [0.15, 0.2) is 11.5 Å². The molecule has 11 heteroatoms. The summed E-state index contributed by atoms with van der Waals surface area (Å²) in [5.41, 5.74) is 1.22. The summed E-state index contributed by atoms with van der Waals surface area (Å²) in [5, 5.41) is 13.7. The maximum absolute atomic E-state index is 14.3. The van der Waals surface area contributed by atoms with Gasteiger partial charge < -0.3 is 18.9 Å². The van der Waals surface area contributed by atoms with Crippen LogP contribution >= 0.6 is 0 Å². The first-order chi connectivity index (χ1) is 21.4. The van der Waals surface area contributed by atoms with Gasteiger partial charge in [-0.1, -0.05) is 48.5 Å². The smallest absolute Gasteiger partial charge is 0.319 e. The maximum Gasteiger partial charge on any atom is 0.319 e. The van der Waals surface area contributed by atoms with Crippen LogP contribution in [0.4, 0.5) is 11.4 Å². The van der Waals surface area contributed by atoms with Gasteiger partial charge in [0.25, 0.3) is 5.69 Å². The third-order valence-corrected chi connectivity index (χ3v) is 8.89. The number of hydrogen-bond donors (Lipinski definition) is 0. The molecule has 0 N–H and O–H groups in total. The van der Waals surface area contributed by atoms with Crippen LogP contribution in [0.15, 0.2) is 78.9 Å². The van der Waals surface area contributed by atoms with Crippen molar-refractivity contribution in [2.75, 3.05) is 18.8 Å². The Kier molecular flexibility index (Phi) is 5.54. The van der Waals surface area contributed by atoms with Gasteiger partial charge in [-0.15, -0.1) is 0 Å². The summed E-state index contributed by atoms with van der Waals surface area (Å²) in [5.74, 6) is -4.40. The lowest BCUT2D eigenvalue weighted by Gasteiger charge is -2.38. The molecule has 0 aromatic heterocycles. The van der Waals surface area contributed by atoms with Crippen molar-refractivity contribution in [1.29, 1.82) is 0 Å². The van der Waals surface area contributed by atoms with Crippen molar-refractivity contribution in [3.8, 4) is 23.0 Å². The van der Waals surface area contributed by atoms with Gasteiger partial charge in [-0.2, -0.15) is 0 Å². The van der Waals surface area contributed by atoms with E-state index in [2.05, 4.69) is 0 Å². The van der Waals surface area contributed by atoms with Gasteiger partial charge in [-0.3, -0.25) is 24.5 Å². The molecular formula is C33H22N2O9. The monoisotopic (exact) mass is 590 g/mol. The molecule has 44 heavy (non-hydrogen) atoms. The fourth-order valence-corrected chi connectivity index (χ4v) is 6.94. The third kappa shape index (κ3) is 3.58. The number of esters is 1. The molecule has 1 aliphatic carbocycles. The number of ether oxygens (including phenoxy) is 4. The average molecular weight is 591 g/mol. The fraction of sp³-hybridized carbons (Fsp3) is 0.182. The molecule has 11 nitrogen and oxygen atoms in total. The van der Waals surface area contributed by atoms with Crippen LogP contribution in [0.2, 0.25) is 0 Å². The molecule has 3 heterocycles. The molecule has 0 radical (unpaired) electrons. The summed E-state index contributed by atoms with van der Waals surface area (Å²) >= 11 is 0. The first-order valence-corrected chi connectivity index (χ1v) is 13.9. The first-order valence-electron chi connectivity index (χ1n) is 13.9. The normalized spacial score (nSPS) is 23.1. The number of carbonyl (C=O) groups excluding carboxylic acids is 3. The minimum absolute atomic E-state index is 0.0529. The van der Waals surface area contributed by atoms with E-state index in [1.807, 2.05) is 42.5 Å². The zero-order valence-electron chi connectivity index (χ0n) is 23.1. The van der Waals surface area contributed by atoms with E-state index in [0.29, 0.717) is 33.9 Å². The van der Waals surface area contributed by atoms with Crippen LogP contribution in [-0.4, -0.2) is 36.6 Å². The Labute approximate surface area is 249 Å². The van der Waals surface area contributed by atoms with Crippen LogP contribution in [0.3, 0.4) is 0 Å². The molecule has 0 spiro atoms. The molecule has 4 aromatic carbocycles. The van der Waals surface area contributed by atoms with E-state index in [9.17, 15) is 24.5 Å². The third-order valence-electron chi connectivity index (χ3n) is 8.89. The molecule has 4 aliphatic rings. The van der Waals surface area contributed by atoms with Crippen molar-refractivity contribution in [2.24, 2.45) is 17.8 Å². The van der Waals surface area contributed by atoms with Crippen molar-refractivity contribution in [3.05, 3.63) is 100 Å². The molecule has 218 valence electrons. The van der Waals surface area contributed by atoms with Crippen molar-refractivity contribution < 1.29 is 38.3 Å². The van der Waals surface area contributed by atoms with Gasteiger partial charge in [-0.05, 0) is 40.8 Å². The second-order valence-electron chi connectivity index (χ2n) is 11.0. The Morgan fingerprint density at radius 1 is 0.909 bits per heavy atom. The van der Waals surface area contributed by atoms with E-state index in [1.165, 1.54) is 19.2 Å². The molecule has 0 unspecified atom stereocenters. The van der Waals surface area contributed by atoms with Gasteiger partial charge in [0.1, 0.15) is 17.2 Å². The second-order valence-corrected chi connectivity index (χ2v) is 11.0. The predicted octanol–water partition coefficient (Wildman–Crippen LogP) is 5.01. The highest BCUT2D eigenvalue weighted by molar-refractivity contribution is 6.25. The average Bonchev–Trinajstić information content (AvgIpc) is 3.61. The summed E-state index contributed by atoms with van der Waals surface area (Å²) < 4.78 is 22.2. The fourth-order valence-electron chi connectivity index (χ4n) is 6.94. The Morgan fingerprint density at radius 3 is 2.52 bits per heavy atom. The summed E-state index contributed by atoms with van der Waals surface area (Å²) in [4.78, 5) is 54.7. The van der Waals surface area contributed by atoms with Gasteiger partial charge in [0.05, 0.1) is 35.9 Å². The molecule has 4 atom stereocenters. The van der Waals surface area contributed by atoms with Gasteiger partial charge in [0.2, 0.25) is 18.6 Å². The quantitative estimate of drug-likeness (QED) is 0.106. The predicted molar refractivity (Wildman–Crippen MR) is 155 cm³/mol. The second kappa shape index (κ2) is 9.40. The zero-order valence-corrected chi connectivity index (χ0v) is 23.1. The number of amides is 2. The molecule has 1 fully saturated rings. The molecule has 8 rings (SSSR count).